The van der Waals surface area contributed by atoms with Crippen LogP contribution in [0.15, 0.2) is 85.3 Å². The van der Waals surface area contributed by atoms with Gasteiger partial charge in [-0.3, -0.25) is 14.7 Å². The molecular weight excluding hydrogens is 460 g/mol. The minimum atomic E-state index is -0.182. The van der Waals surface area contributed by atoms with Crippen LogP contribution < -0.4 is 10.2 Å². The summed E-state index contributed by atoms with van der Waals surface area (Å²) in [5.74, 6) is 0.736. The second-order valence-corrected chi connectivity index (χ2v) is 9.17. The third-order valence-electron chi connectivity index (χ3n) is 6.66. The van der Waals surface area contributed by atoms with E-state index in [4.69, 9.17) is 6.57 Å². The smallest absolute Gasteiger partial charge is 0.255 e. The maximum atomic E-state index is 13.0. The fourth-order valence-electron chi connectivity index (χ4n) is 4.52. The maximum absolute atomic E-state index is 13.0. The Morgan fingerprint density at radius 1 is 0.973 bits per heavy atom. The van der Waals surface area contributed by atoms with Gasteiger partial charge in [0, 0.05) is 50.7 Å². The van der Waals surface area contributed by atoms with Crippen molar-refractivity contribution in [2.45, 2.75) is 13.5 Å². The quantitative estimate of drug-likeness (QED) is 0.359. The molecule has 7 heteroatoms. The molecule has 0 saturated carbocycles. The Kier molecular flexibility index (Phi) is 7.20. The van der Waals surface area contributed by atoms with Crippen molar-refractivity contribution in [3.8, 4) is 11.1 Å². The van der Waals surface area contributed by atoms with Gasteiger partial charge in [-0.2, -0.15) is 0 Å². The third kappa shape index (κ3) is 5.83. The number of aromatic nitrogens is 2. The highest BCUT2D eigenvalue weighted by atomic mass is 16.1. The summed E-state index contributed by atoms with van der Waals surface area (Å²) in [6.45, 7) is 13.8. The van der Waals surface area contributed by atoms with Crippen molar-refractivity contribution < 1.29 is 4.79 Å². The van der Waals surface area contributed by atoms with E-state index in [9.17, 15) is 4.79 Å². The molecule has 1 N–H and O–H groups in total. The van der Waals surface area contributed by atoms with Crippen molar-refractivity contribution >= 4 is 23.1 Å². The molecule has 1 aliphatic rings. The Morgan fingerprint density at radius 2 is 1.73 bits per heavy atom. The van der Waals surface area contributed by atoms with Crippen molar-refractivity contribution in [3.63, 3.8) is 0 Å². The SMILES string of the molecule is [C-]#[N+]c1ccc(-c2cc(C(=O)Nc3ccc(N4CCN(Cc5ccncc5)CC4)nc3)ccc2C)cc1. The summed E-state index contributed by atoms with van der Waals surface area (Å²) >= 11 is 0. The molecule has 1 saturated heterocycles. The lowest BCUT2D eigenvalue weighted by atomic mass is 9.97. The molecule has 2 aromatic carbocycles. The molecule has 1 amide bonds. The molecule has 0 spiro atoms. The Labute approximate surface area is 217 Å². The van der Waals surface area contributed by atoms with Gasteiger partial charge in [-0.05, 0) is 65.6 Å². The molecule has 184 valence electrons. The van der Waals surface area contributed by atoms with Crippen LogP contribution in [-0.4, -0.2) is 47.0 Å². The van der Waals surface area contributed by atoms with Crippen LogP contribution in [0.5, 0.6) is 0 Å². The minimum Gasteiger partial charge on any atom is -0.354 e. The molecule has 1 aliphatic heterocycles. The van der Waals surface area contributed by atoms with E-state index in [1.807, 2.05) is 61.8 Å². The lowest BCUT2D eigenvalue weighted by molar-refractivity contribution is 0.102. The standard InChI is InChI=1S/C30H28N6O/c1-22-3-4-25(19-28(22)24-5-7-26(31-2)8-6-24)30(37)34-27-9-10-29(33-20-27)36-17-15-35(16-18-36)21-23-11-13-32-14-12-23/h3-14,19-20H,15-18,21H2,1H3,(H,34,37). The van der Waals surface area contributed by atoms with Crippen molar-refractivity contribution in [2.24, 2.45) is 0 Å². The molecule has 0 radical (unpaired) electrons. The van der Waals surface area contributed by atoms with Gasteiger partial charge in [0.2, 0.25) is 0 Å². The van der Waals surface area contributed by atoms with Crippen LogP contribution in [0.3, 0.4) is 0 Å². The highest BCUT2D eigenvalue weighted by Crippen LogP contribution is 2.27. The Morgan fingerprint density at radius 3 is 2.41 bits per heavy atom. The number of aryl methyl sites for hydroxylation is 1. The van der Waals surface area contributed by atoms with Gasteiger partial charge in [-0.25, -0.2) is 9.83 Å². The summed E-state index contributed by atoms with van der Waals surface area (Å²) in [6.07, 6.45) is 5.39. The number of rotatable bonds is 6. The third-order valence-corrected chi connectivity index (χ3v) is 6.66. The number of anilines is 2. The van der Waals surface area contributed by atoms with Gasteiger partial charge < -0.3 is 10.2 Å². The molecule has 1 fully saturated rings. The van der Waals surface area contributed by atoms with Crippen LogP contribution in [0.25, 0.3) is 16.0 Å². The zero-order chi connectivity index (χ0) is 25.6. The van der Waals surface area contributed by atoms with Crippen LogP contribution in [0, 0.1) is 13.5 Å². The van der Waals surface area contributed by atoms with Gasteiger partial charge in [-0.15, -0.1) is 0 Å². The molecule has 0 aliphatic carbocycles. The van der Waals surface area contributed by atoms with Crippen LogP contribution in [-0.2, 0) is 6.54 Å². The molecule has 2 aromatic heterocycles. The van der Waals surface area contributed by atoms with Crippen LogP contribution in [0.1, 0.15) is 21.5 Å². The van der Waals surface area contributed by atoms with Gasteiger partial charge in [0.1, 0.15) is 5.82 Å². The lowest BCUT2D eigenvalue weighted by Gasteiger charge is -2.35. The predicted octanol–water partition coefficient (Wildman–Crippen LogP) is 5.58. The van der Waals surface area contributed by atoms with Crippen molar-refractivity contribution in [1.29, 1.82) is 0 Å². The summed E-state index contributed by atoms with van der Waals surface area (Å²) in [7, 11) is 0. The highest BCUT2D eigenvalue weighted by molar-refractivity contribution is 6.05. The molecule has 0 unspecified atom stereocenters. The first-order chi connectivity index (χ1) is 18.1. The van der Waals surface area contributed by atoms with E-state index in [1.165, 1.54) is 5.56 Å². The van der Waals surface area contributed by atoms with E-state index < -0.39 is 0 Å². The Balaban J connectivity index is 1.20. The molecule has 7 nitrogen and oxygen atoms in total. The van der Waals surface area contributed by atoms with E-state index >= 15 is 0 Å². The number of nitrogens with one attached hydrogen (secondary N) is 1. The summed E-state index contributed by atoms with van der Waals surface area (Å²) in [6, 6.07) is 21.1. The normalized spacial score (nSPS) is 13.7. The zero-order valence-corrected chi connectivity index (χ0v) is 20.8. The number of hydrogen-bond donors (Lipinski definition) is 1. The number of carbonyl (C=O) groups is 1. The van der Waals surface area contributed by atoms with Gasteiger partial charge in [0.05, 0.1) is 18.5 Å². The lowest BCUT2D eigenvalue weighted by Crippen LogP contribution is -2.46. The summed E-state index contributed by atoms with van der Waals surface area (Å²) in [4.78, 5) is 29.9. The number of nitrogens with zero attached hydrogens (tertiary/aromatic N) is 5. The molecule has 0 bridgehead atoms. The topological polar surface area (TPSA) is 65.7 Å². The van der Waals surface area contributed by atoms with E-state index in [0.29, 0.717) is 16.9 Å². The maximum Gasteiger partial charge on any atom is 0.255 e. The van der Waals surface area contributed by atoms with E-state index in [1.54, 1.807) is 18.3 Å². The molecule has 5 rings (SSSR count). The van der Waals surface area contributed by atoms with Crippen molar-refractivity contribution in [3.05, 3.63) is 113 Å². The highest BCUT2D eigenvalue weighted by Gasteiger charge is 2.18. The fourth-order valence-corrected chi connectivity index (χ4v) is 4.52. The second kappa shape index (κ2) is 11.0. The zero-order valence-electron chi connectivity index (χ0n) is 20.8. The van der Waals surface area contributed by atoms with Gasteiger partial charge >= 0.3 is 0 Å². The Bertz CT molecular complexity index is 1400. The van der Waals surface area contributed by atoms with Crippen LogP contribution >= 0.6 is 0 Å². The Hall–Kier alpha value is -4.54. The molecular formula is C30H28N6O. The predicted molar refractivity (Wildman–Crippen MR) is 147 cm³/mol. The van der Waals surface area contributed by atoms with Gasteiger partial charge in [-0.1, -0.05) is 30.3 Å². The van der Waals surface area contributed by atoms with E-state index in [2.05, 4.69) is 42.1 Å². The molecule has 4 aromatic rings. The number of hydrogen-bond acceptors (Lipinski definition) is 5. The first-order valence-corrected chi connectivity index (χ1v) is 12.3. The van der Waals surface area contributed by atoms with Gasteiger partial charge in [0.15, 0.2) is 5.69 Å². The van der Waals surface area contributed by atoms with E-state index in [-0.39, 0.29) is 5.91 Å². The average molecular weight is 489 g/mol. The minimum absolute atomic E-state index is 0.182. The summed E-state index contributed by atoms with van der Waals surface area (Å²) < 4.78 is 0. The molecule has 37 heavy (non-hydrogen) atoms. The summed E-state index contributed by atoms with van der Waals surface area (Å²) in [5, 5.41) is 2.97. The van der Waals surface area contributed by atoms with E-state index in [0.717, 1.165) is 55.2 Å². The van der Waals surface area contributed by atoms with Crippen molar-refractivity contribution in [1.82, 2.24) is 14.9 Å². The monoisotopic (exact) mass is 488 g/mol. The first-order valence-electron chi connectivity index (χ1n) is 12.3. The summed E-state index contributed by atoms with van der Waals surface area (Å²) in [5.41, 5.74) is 6.13. The van der Waals surface area contributed by atoms with Crippen LogP contribution in [0.2, 0.25) is 0 Å². The van der Waals surface area contributed by atoms with Gasteiger partial charge in [0.25, 0.3) is 5.91 Å². The molecule has 3 heterocycles. The number of piperazine rings is 1. The number of pyridine rings is 2. The number of carbonyl (C=O) groups excluding carboxylic acids is 1. The average Bonchev–Trinajstić information content (AvgIpc) is 2.95. The largest absolute Gasteiger partial charge is 0.354 e. The molecule has 0 atom stereocenters. The van der Waals surface area contributed by atoms with Crippen LogP contribution in [0.4, 0.5) is 17.2 Å². The number of benzene rings is 2. The second-order valence-electron chi connectivity index (χ2n) is 9.17. The van der Waals surface area contributed by atoms with Crippen molar-refractivity contribution in [2.75, 3.05) is 36.4 Å². The number of amides is 1. The first kappa shape index (κ1) is 24.2. The fraction of sp³-hybridized carbons (Fsp3) is 0.200.